The maximum absolute atomic E-state index is 12.0. The minimum atomic E-state index is -1.43. The Bertz CT molecular complexity index is 583. The lowest BCUT2D eigenvalue weighted by Gasteiger charge is -2.21. The number of esters is 2. The molecule has 0 aliphatic heterocycles. The zero-order valence-corrected chi connectivity index (χ0v) is 13.4. The van der Waals surface area contributed by atoms with E-state index in [1.807, 2.05) is 6.92 Å². The van der Waals surface area contributed by atoms with Crippen LogP contribution in [-0.4, -0.2) is 44.7 Å². The van der Waals surface area contributed by atoms with Gasteiger partial charge in [-0.1, -0.05) is 12.1 Å². The molecule has 0 N–H and O–H groups in total. The minimum Gasteiger partial charge on any atom is -0.496 e. The molecule has 0 bridgehead atoms. The minimum absolute atomic E-state index is 0.421. The fraction of sp³-hybridized carbons (Fsp3) is 0.467. The van der Waals surface area contributed by atoms with Crippen LogP contribution in [0.25, 0.3) is 0 Å². The highest BCUT2D eigenvalue weighted by Crippen LogP contribution is 2.31. The van der Waals surface area contributed by atoms with Gasteiger partial charge in [0.15, 0.2) is 5.92 Å². The fourth-order valence-corrected chi connectivity index (χ4v) is 2.31. The van der Waals surface area contributed by atoms with Crippen molar-refractivity contribution in [2.45, 2.75) is 12.8 Å². The highest BCUT2D eigenvalue weighted by molar-refractivity contribution is 5.96. The predicted molar refractivity (Wildman–Crippen MR) is 79.9 cm³/mol. The number of methoxy groups -OCH3 is 3. The van der Waals surface area contributed by atoms with Crippen LogP contribution in [0.3, 0.4) is 0 Å². The summed E-state index contributed by atoms with van der Waals surface area (Å²) in [6.07, 6.45) is 0. The molecular weight excluding hydrogens is 306 g/mol. The Morgan fingerprint density at radius 1 is 1.17 bits per heavy atom. The van der Waals surface area contributed by atoms with E-state index in [1.165, 1.54) is 7.11 Å². The molecule has 8 heteroatoms. The van der Waals surface area contributed by atoms with Crippen LogP contribution in [0.15, 0.2) is 18.2 Å². The summed E-state index contributed by atoms with van der Waals surface area (Å²) in [6, 6.07) is 4.89. The average molecular weight is 325 g/mol. The van der Waals surface area contributed by atoms with Crippen LogP contribution in [0.1, 0.15) is 17.0 Å². The SMILES string of the molecule is COC(=O)C(C(=O)OC)[C@@H](C[N+](=O)[O-])c1ccc(C)c(OC)c1. The third-order valence-electron chi connectivity index (χ3n) is 3.52. The van der Waals surface area contributed by atoms with Crippen LogP contribution in [0.2, 0.25) is 0 Å². The van der Waals surface area contributed by atoms with E-state index in [-0.39, 0.29) is 0 Å². The third-order valence-corrected chi connectivity index (χ3v) is 3.52. The molecule has 0 spiro atoms. The summed E-state index contributed by atoms with van der Waals surface area (Å²) in [5.74, 6) is -3.72. The second kappa shape index (κ2) is 8.11. The van der Waals surface area contributed by atoms with E-state index in [4.69, 9.17) is 4.74 Å². The summed E-state index contributed by atoms with van der Waals surface area (Å²) in [7, 11) is 3.68. The van der Waals surface area contributed by atoms with Crippen LogP contribution < -0.4 is 4.74 Å². The summed E-state index contributed by atoms with van der Waals surface area (Å²) in [6.45, 7) is 1.18. The molecule has 1 aromatic rings. The van der Waals surface area contributed by atoms with Gasteiger partial charge in [-0.25, -0.2) is 0 Å². The van der Waals surface area contributed by atoms with E-state index in [1.54, 1.807) is 18.2 Å². The largest absolute Gasteiger partial charge is 0.496 e. The number of rotatable bonds is 7. The van der Waals surface area contributed by atoms with E-state index in [0.29, 0.717) is 11.3 Å². The number of carbonyl (C=O) groups excluding carboxylic acids is 2. The van der Waals surface area contributed by atoms with Gasteiger partial charge in [-0.2, -0.15) is 0 Å². The monoisotopic (exact) mass is 325 g/mol. The predicted octanol–water partition coefficient (Wildman–Crippen LogP) is 1.33. The lowest BCUT2D eigenvalue weighted by atomic mass is 9.85. The summed E-state index contributed by atoms with van der Waals surface area (Å²) >= 11 is 0. The molecule has 1 rings (SSSR count). The quantitative estimate of drug-likeness (QED) is 0.322. The number of aryl methyl sites for hydroxylation is 1. The standard InChI is InChI=1S/C15H19NO7/c1-9-5-6-10(7-12(9)21-2)11(8-16(19)20)13(14(17)22-3)15(18)23-4/h5-7,11,13H,8H2,1-4H3/t11-/m0/s1. The van der Waals surface area contributed by atoms with Gasteiger partial charge in [-0.15, -0.1) is 0 Å². The maximum atomic E-state index is 12.0. The first-order valence-electron chi connectivity index (χ1n) is 6.77. The van der Waals surface area contributed by atoms with Gasteiger partial charge in [0.25, 0.3) is 0 Å². The van der Waals surface area contributed by atoms with Crippen LogP contribution in [0.5, 0.6) is 5.75 Å². The zero-order valence-electron chi connectivity index (χ0n) is 13.4. The lowest BCUT2D eigenvalue weighted by molar-refractivity contribution is -0.484. The van der Waals surface area contributed by atoms with Crippen molar-refractivity contribution < 1.29 is 28.7 Å². The molecule has 1 aromatic carbocycles. The van der Waals surface area contributed by atoms with Gasteiger partial charge < -0.3 is 14.2 Å². The van der Waals surface area contributed by atoms with E-state index in [2.05, 4.69) is 9.47 Å². The molecule has 0 amide bonds. The Labute approximate surface area is 133 Å². The summed E-state index contributed by atoms with van der Waals surface area (Å²) in [5, 5.41) is 11.0. The van der Waals surface area contributed by atoms with Crippen LogP contribution in [0, 0.1) is 23.0 Å². The Morgan fingerprint density at radius 3 is 2.17 bits per heavy atom. The molecule has 0 radical (unpaired) electrons. The van der Waals surface area contributed by atoms with Crippen molar-refractivity contribution in [3.05, 3.63) is 39.4 Å². The number of hydrogen-bond donors (Lipinski definition) is 0. The van der Waals surface area contributed by atoms with Gasteiger partial charge in [0.1, 0.15) is 5.75 Å². The smallest absolute Gasteiger partial charge is 0.320 e. The molecule has 0 heterocycles. The molecule has 0 fully saturated rings. The normalized spacial score (nSPS) is 11.7. The van der Waals surface area contributed by atoms with Crippen LogP contribution >= 0.6 is 0 Å². The first-order chi connectivity index (χ1) is 10.8. The number of nitrogens with zero attached hydrogens (tertiary/aromatic N) is 1. The number of ether oxygens (including phenoxy) is 3. The molecule has 0 aliphatic carbocycles. The van der Waals surface area contributed by atoms with Gasteiger partial charge in [0, 0.05) is 4.92 Å². The summed E-state index contributed by atoms with van der Waals surface area (Å²) in [5.41, 5.74) is 1.24. The van der Waals surface area contributed by atoms with Crippen LogP contribution in [-0.2, 0) is 19.1 Å². The van der Waals surface area contributed by atoms with Gasteiger partial charge in [-0.05, 0) is 24.1 Å². The molecule has 0 aliphatic rings. The second-order valence-corrected chi connectivity index (χ2v) is 4.87. The molecule has 0 unspecified atom stereocenters. The summed E-state index contributed by atoms with van der Waals surface area (Å²) < 4.78 is 14.4. The van der Waals surface area contributed by atoms with E-state index in [9.17, 15) is 19.7 Å². The van der Waals surface area contributed by atoms with E-state index >= 15 is 0 Å². The Kier molecular flexibility index (Phi) is 6.49. The van der Waals surface area contributed by atoms with Crippen molar-refractivity contribution in [1.29, 1.82) is 0 Å². The molecular formula is C15H19NO7. The highest BCUT2D eigenvalue weighted by atomic mass is 16.6. The van der Waals surface area contributed by atoms with Gasteiger partial charge in [0.05, 0.1) is 27.2 Å². The number of carbonyl (C=O) groups is 2. The molecule has 0 saturated heterocycles. The van der Waals surface area contributed by atoms with Crippen molar-refractivity contribution in [1.82, 2.24) is 0 Å². The van der Waals surface area contributed by atoms with Crippen molar-refractivity contribution in [3.63, 3.8) is 0 Å². The van der Waals surface area contributed by atoms with Crippen molar-refractivity contribution in [2.75, 3.05) is 27.9 Å². The van der Waals surface area contributed by atoms with E-state index in [0.717, 1.165) is 19.8 Å². The fourth-order valence-electron chi connectivity index (χ4n) is 2.31. The maximum Gasteiger partial charge on any atom is 0.320 e. The molecule has 0 saturated carbocycles. The first-order valence-corrected chi connectivity index (χ1v) is 6.77. The molecule has 1 atom stereocenters. The topological polar surface area (TPSA) is 105 Å². The average Bonchev–Trinajstić information content (AvgIpc) is 2.53. The molecule has 126 valence electrons. The number of hydrogen-bond acceptors (Lipinski definition) is 7. The molecule has 8 nitrogen and oxygen atoms in total. The van der Waals surface area contributed by atoms with Crippen molar-refractivity contribution in [3.8, 4) is 5.75 Å². The van der Waals surface area contributed by atoms with Crippen molar-refractivity contribution >= 4 is 11.9 Å². The van der Waals surface area contributed by atoms with Gasteiger partial charge in [-0.3, -0.25) is 19.7 Å². The summed E-state index contributed by atoms with van der Waals surface area (Å²) in [4.78, 5) is 34.3. The Balaban J connectivity index is 3.38. The van der Waals surface area contributed by atoms with Gasteiger partial charge in [0.2, 0.25) is 6.54 Å². The lowest BCUT2D eigenvalue weighted by Crippen LogP contribution is -2.35. The van der Waals surface area contributed by atoms with Gasteiger partial charge >= 0.3 is 11.9 Å². The zero-order chi connectivity index (χ0) is 17.6. The third kappa shape index (κ3) is 4.41. The van der Waals surface area contributed by atoms with E-state index < -0.39 is 35.2 Å². The highest BCUT2D eigenvalue weighted by Gasteiger charge is 2.41. The van der Waals surface area contributed by atoms with Crippen LogP contribution in [0.4, 0.5) is 0 Å². The molecule has 23 heavy (non-hydrogen) atoms. The molecule has 0 aromatic heterocycles. The second-order valence-electron chi connectivity index (χ2n) is 4.87. The Morgan fingerprint density at radius 2 is 1.74 bits per heavy atom. The van der Waals surface area contributed by atoms with Crippen molar-refractivity contribution in [2.24, 2.45) is 5.92 Å². The number of benzene rings is 1. The number of nitro groups is 1. The first kappa shape index (κ1) is 18.4. The Hall–Kier alpha value is -2.64.